The van der Waals surface area contributed by atoms with Crippen molar-refractivity contribution in [2.24, 2.45) is 17.3 Å². The SMILES string of the molecule is CCC1CCC(CCC(C)(C)C)C1. The normalized spacial score (nSPS) is 29.5. The van der Waals surface area contributed by atoms with Gasteiger partial charge in [-0.05, 0) is 36.5 Å². The Labute approximate surface area is 84.1 Å². The van der Waals surface area contributed by atoms with Crippen LogP contribution in [0.2, 0.25) is 0 Å². The summed E-state index contributed by atoms with van der Waals surface area (Å²) >= 11 is 0. The molecular weight excluding hydrogens is 156 g/mol. The molecule has 0 saturated heterocycles. The average Bonchev–Trinajstić information content (AvgIpc) is 2.47. The zero-order chi connectivity index (χ0) is 9.90. The van der Waals surface area contributed by atoms with Gasteiger partial charge >= 0.3 is 0 Å². The molecule has 1 aliphatic rings. The second kappa shape index (κ2) is 4.48. The maximum Gasteiger partial charge on any atom is -0.0383 e. The summed E-state index contributed by atoms with van der Waals surface area (Å²) in [5.74, 6) is 2.12. The lowest BCUT2D eigenvalue weighted by Crippen LogP contribution is -2.07. The van der Waals surface area contributed by atoms with E-state index in [0.717, 1.165) is 11.8 Å². The van der Waals surface area contributed by atoms with Gasteiger partial charge in [-0.15, -0.1) is 0 Å². The molecule has 0 aromatic rings. The molecule has 0 nitrogen and oxygen atoms in total. The molecular formula is C13H26. The van der Waals surface area contributed by atoms with E-state index in [1.165, 1.54) is 38.5 Å². The van der Waals surface area contributed by atoms with Crippen LogP contribution in [0.15, 0.2) is 0 Å². The van der Waals surface area contributed by atoms with Crippen LogP contribution >= 0.6 is 0 Å². The molecule has 0 aromatic heterocycles. The van der Waals surface area contributed by atoms with E-state index >= 15 is 0 Å². The van der Waals surface area contributed by atoms with Crippen molar-refractivity contribution in [3.63, 3.8) is 0 Å². The van der Waals surface area contributed by atoms with E-state index in [1.54, 1.807) is 0 Å². The van der Waals surface area contributed by atoms with Crippen molar-refractivity contribution in [1.29, 1.82) is 0 Å². The summed E-state index contributed by atoms with van der Waals surface area (Å²) in [6, 6.07) is 0. The van der Waals surface area contributed by atoms with Crippen LogP contribution in [0, 0.1) is 17.3 Å². The molecule has 2 unspecified atom stereocenters. The van der Waals surface area contributed by atoms with Crippen LogP contribution < -0.4 is 0 Å². The van der Waals surface area contributed by atoms with Crippen LogP contribution in [-0.4, -0.2) is 0 Å². The van der Waals surface area contributed by atoms with Gasteiger partial charge in [0.25, 0.3) is 0 Å². The first-order valence-electron chi connectivity index (χ1n) is 6.01. The van der Waals surface area contributed by atoms with Gasteiger partial charge in [0.15, 0.2) is 0 Å². The first-order chi connectivity index (χ1) is 6.01. The van der Waals surface area contributed by atoms with Crippen molar-refractivity contribution in [2.75, 3.05) is 0 Å². The first kappa shape index (κ1) is 11.1. The van der Waals surface area contributed by atoms with E-state index in [-0.39, 0.29) is 0 Å². The van der Waals surface area contributed by atoms with E-state index < -0.39 is 0 Å². The molecule has 0 heterocycles. The third-order valence-corrected chi connectivity index (χ3v) is 3.53. The molecule has 0 bridgehead atoms. The van der Waals surface area contributed by atoms with E-state index in [0.29, 0.717) is 5.41 Å². The second-order valence-corrected chi connectivity index (χ2v) is 6.05. The first-order valence-corrected chi connectivity index (χ1v) is 6.01. The second-order valence-electron chi connectivity index (χ2n) is 6.05. The molecule has 1 rings (SSSR count). The summed E-state index contributed by atoms with van der Waals surface area (Å²) in [4.78, 5) is 0. The summed E-state index contributed by atoms with van der Waals surface area (Å²) < 4.78 is 0. The van der Waals surface area contributed by atoms with Crippen molar-refractivity contribution in [2.45, 2.75) is 66.2 Å². The fraction of sp³-hybridized carbons (Fsp3) is 1.00. The molecule has 2 atom stereocenters. The van der Waals surface area contributed by atoms with Gasteiger partial charge < -0.3 is 0 Å². The van der Waals surface area contributed by atoms with Gasteiger partial charge in [-0.2, -0.15) is 0 Å². The van der Waals surface area contributed by atoms with Crippen molar-refractivity contribution in [3.8, 4) is 0 Å². The van der Waals surface area contributed by atoms with Gasteiger partial charge in [0.2, 0.25) is 0 Å². The average molecular weight is 182 g/mol. The standard InChI is InChI=1S/C13H26/c1-5-11-6-7-12(10-11)8-9-13(2,3)4/h11-12H,5-10H2,1-4H3. The summed E-state index contributed by atoms with van der Waals surface area (Å²) in [6.07, 6.45) is 8.83. The lowest BCUT2D eigenvalue weighted by atomic mass is 9.86. The number of rotatable bonds is 3. The van der Waals surface area contributed by atoms with E-state index in [4.69, 9.17) is 0 Å². The van der Waals surface area contributed by atoms with Crippen molar-refractivity contribution in [1.82, 2.24) is 0 Å². The van der Waals surface area contributed by atoms with Crippen LogP contribution in [0.25, 0.3) is 0 Å². The fourth-order valence-corrected chi connectivity index (χ4v) is 2.45. The summed E-state index contributed by atoms with van der Waals surface area (Å²) in [7, 11) is 0. The molecule has 1 aliphatic carbocycles. The molecule has 0 aliphatic heterocycles. The largest absolute Gasteiger partial charge is 0.0651 e. The highest BCUT2D eigenvalue weighted by Gasteiger charge is 2.24. The van der Waals surface area contributed by atoms with Gasteiger partial charge in [-0.3, -0.25) is 0 Å². The van der Waals surface area contributed by atoms with Gasteiger partial charge in [-0.25, -0.2) is 0 Å². The molecule has 0 aromatic carbocycles. The minimum Gasteiger partial charge on any atom is -0.0651 e. The Morgan fingerprint density at radius 3 is 2.15 bits per heavy atom. The molecule has 1 saturated carbocycles. The van der Waals surface area contributed by atoms with E-state index in [9.17, 15) is 0 Å². The van der Waals surface area contributed by atoms with Crippen LogP contribution in [-0.2, 0) is 0 Å². The third kappa shape index (κ3) is 4.15. The Hall–Kier alpha value is 0. The van der Waals surface area contributed by atoms with Gasteiger partial charge in [0.1, 0.15) is 0 Å². The Bertz CT molecular complexity index is 141. The molecule has 78 valence electrons. The predicted octanol–water partition coefficient (Wildman–Crippen LogP) is 4.64. The molecule has 0 spiro atoms. The zero-order valence-electron chi connectivity index (χ0n) is 9.90. The molecule has 1 fully saturated rings. The number of hydrogen-bond acceptors (Lipinski definition) is 0. The topological polar surface area (TPSA) is 0 Å². The van der Waals surface area contributed by atoms with Crippen molar-refractivity contribution in [3.05, 3.63) is 0 Å². The lowest BCUT2D eigenvalue weighted by molar-refractivity contribution is 0.319. The van der Waals surface area contributed by atoms with Crippen molar-refractivity contribution < 1.29 is 0 Å². The highest BCUT2D eigenvalue weighted by Crippen LogP contribution is 2.37. The monoisotopic (exact) mass is 182 g/mol. The molecule has 0 heteroatoms. The van der Waals surface area contributed by atoms with Gasteiger partial charge in [-0.1, -0.05) is 47.0 Å². The Morgan fingerprint density at radius 2 is 1.69 bits per heavy atom. The minimum absolute atomic E-state index is 0.546. The highest BCUT2D eigenvalue weighted by molar-refractivity contribution is 4.76. The maximum absolute atomic E-state index is 2.36. The molecule has 0 amide bonds. The maximum atomic E-state index is 2.36. The quantitative estimate of drug-likeness (QED) is 0.596. The van der Waals surface area contributed by atoms with Crippen LogP contribution in [0.1, 0.15) is 66.2 Å². The van der Waals surface area contributed by atoms with Crippen molar-refractivity contribution >= 4 is 0 Å². The summed E-state index contributed by atoms with van der Waals surface area (Å²) in [6.45, 7) is 9.43. The van der Waals surface area contributed by atoms with Gasteiger partial charge in [0.05, 0.1) is 0 Å². The lowest BCUT2D eigenvalue weighted by Gasteiger charge is -2.20. The highest BCUT2D eigenvalue weighted by atomic mass is 14.3. The van der Waals surface area contributed by atoms with Crippen LogP contribution in [0.3, 0.4) is 0 Å². The predicted molar refractivity (Wildman–Crippen MR) is 59.8 cm³/mol. The van der Waals surface area contributed by atoms with E-state index in [1.807, 2.05) is 0 Å². The third-order valence-electron chi connectivity index (χ3n) is 3.53. The zero-order valence-corrected chi connectivity index (χ0v) is 9.90. The molecule has 13 heavy (non-hydrogen) atoms. The summed E-state index contributed by atoms with van der Waals surface area (Å²) in [5.41, 5.74) is 0.546. The fourth-order valence-electron chi connectivity index (χ4n) is 2.45. The smallest absolute Gasteiger partial charge is 0.0383 e. The Balaban J connectivity index is 2.17. The Morgan fingerprint density at radius 1 is 1.08 bits per heavy atom. The van der Waals surface area contributed by atoms with E-state index in [2.05, 4.69) is 27.7 Å². The molecule has 0 N–H and O–H groups in total. The van der Waals surface area contributed by atoms with Gasteiger partial charge in [0, 0.05) is 0 Å². The summed E-state index contributed by atoms with van der Waals surface area (Å²) in [5, 5.41) is 0. The van der Waals surface area contributed by atoms with Crippen LogP contribution in [0.5, 0.6) is 0 Å². The molecule has 0 radical (unpaired) electrons. The van der Waals surface area contributed by atoms with Crippen LogP contribution in [0.4, 0.5) is 0 Å². The minimum atomic E-state index is 0.546. The Kier molecular flexibility index (Phi) is 3.82. The number of hydrogen-bond donors (Lipinski definition) is 0.